The zero-order valence-corrected chi connectivity index (χ0v) is 21.3. The Balaban J connectivity index is 1.23. The molecule has 2 amide bonds. The highest BCUT2D eigenvalue weighted by Gasteiger charge is 2.25. The molecule has 1 saturated heterocycles. The van der Waals surface area contributed by atoms with E-state index in [1.165, 1.54) is 11.3 Å². The fourth-order valence-electron chi connectivity index (χ4n) is 4.22. The molecule has 36 heavy (non-hydrogen) atoms. The van der Waals surface area contributed by atoms with Crippen LogP contribution < -0.4 is 25.6 Å². The molecule has 5 rings (SSSR count). The summed E-state index contributed by atoms with van der Waals surface area (Å²) in [5, 5.41) is 9.81. The third-order valence-corrected chi connectivity index (χ3v) is 7.32. The predicted molar refractivity (Wildman–Crippen MR) is 143 cm³/mol. The molecular formula is C26H27ClN4O4S. The van der Waals surface area contributed by atoms with Gasteiger partial charge in [-0.15, -0.1) is 11.3 Å². The van der Waals surface area contributed by atoms with Crippen LogP contribution in [0.3, 0.4) is 0 Å². The third-order valence-electron chi connectivity index (χ3n) is 6.02. The zero-order chi connectivity index (χ0) is 25.1. The number of rotatable bonds is 8. The standard InChI is InChI=1S/C26H27ClN4O4S/c1-2-3-21(26(33)28-16-4-6-17(7-5-16)31-12-13-34-15-24(31)32)35-18-8-9-19-20(14-18)30-25(29-19)22-10-11-23(27)36-22/h4-11,14,21,25,29-30H,2-3,12-13,15H2,1H3,(H,28,33). The van der Waals surface area contributed by atoms with Gasteiger partial charge in [0.25, 0.3) is 11.8 Å². The number of amides is 2. The van der Waals surface area contributed by atoms with Crippen molar-refractivity contribution in [2.75, 3.05) is 40.6 Å². The Morgan fingerprint density at radius 2 is 2.00 bits per heavy atom. The molecule has 0 saturated carbocycles. The summed E-state index contributed by atoms with van der Waals surface area (Å²) in [6.07, 6.45) is 0.668. The molecule has 0 aliphatic carbocycles. The average Bonchev–Trinajstić information content (AvgIpc) is 3.50. The number of fused-ring (bicyclic) bond motifs is 1. The van der Waals surface area contributed by atoms with Gasteiger partial charge in [0.2, 0.25) is 0 Å². The molecule has 2 unspecified atom stereocenters. The monoisotopic (exact) mass is 526 g/mol. The zero-order valence-electron chi connectivity index (χ0n) is 19.8. The first-order chi connectivity index (χ1) is 17.5. The van der Waals surface area contributed by atoms with Crippen LogP contribution in [0.2, 0.25) is 4.34 Å². The highest BCUT2D eigenvalue weighted by atomic mass is 35.5. The summed E-state index contributed by atoms with van der Waals surface area (Å²) in [5.74, 6) is 0.325. The minimum Gasteiger partial charge on any atom is -0.481 e. The number of thiophene rings is 1. The van der Waals surface area contributed by atoms with E-state index in [0.29, 0.717) is 31.0 Å². The van der Waals surface area contributed by atoms with E-state index in [0.717, 1.165) is 32.7 Å². The lowest BCUT2D eigenvalue weighted by molar-refractivity contribution is -0.125. The SMILES string of the molecule is CCCC(Oc1ccc2c(c1)NC(c1ccc(Cl)s1)N2)C(=O)Nc1ccc(N2CCOCC2=O)cc1. The maximum Gasteiger partial charge on any atom is 0.265 e. The first kappa shape index (κ1) is 24.4. The number of ether oxygens (including phenoxy) is 2. The van der Waals surface area contributed by atoms with Gasteiger partial charge in [-0.25, -0.2) is 0 Å². The maximum absolute atomic E-state index is 13.1. The van der Waals surface area contributed by atoms with E-state index < -0.39 is 6.10 Å². The van der Waals surface area contributed by atoms with Crippen molar-refractivity contribution in [2.24, 2.45) is 0 Å². The summed E-state index contributed by atoms with van der Waals surface area (Å²) < 4.78 is 12.1. The number of morpholine rings is 1. The van der Waals surface area contributed by atoms with Crippen LogP contribution in [0.15, 0.2) is 54.6 Å². The molecule has 3 aromatic rings. The molecule has 3 N–H and O–H groups in total. The number of anilines is 4. The Morgan fingerprint density at radius 1 is 1.19 bits per heavy atom. The quantitative estimate of drug-likeness (QED) is 0.359. The average molecular weight is 527 g/mol. The van der Waals surface area contributed by atoms with E-state index in [-0.39, 0.29) is 24.6 Å². The van der Waals surface area contributed by atoms with Gasteiger partial charge in [-0.05, 0) is 55.0 Å². The van der Waals surface area contributed by atoms with Crippen molar-refractivity contribution in [3.63, 3.8) is 0 Å². The molecule has 188 valence electrons. The Bertz CT molecular complexity index is 1250. The van der Waals surface area contributed by atoms with Crippen LogP contribution in [-0.4, -0.2) is 37.7 Å². The minimum absolute atomic E-state index is 0.0572. The van der Waals surface area contributed by atoms with Gasteiger partial charge in [-0.2, -0.15) is 0 Å². The molecule has 3 heterocycles. The number of halogens is 1. The Kier molecular flexibility index (Phi) is 7.31. The van der Waals surface area contributed by atoms with Crippen LogP contribution in [0.1, 0.15) is 30.8 Å². The van der Waals surface area contributed by atoms with E-state index >= 15 is 0 Å². The Labute approximate surface area is 218 Å². The van der Waals surface area contributed by atoms with Gasteiger partial charge in [0.05, 0.1) is 22.3 Å². The molecule has 10 heteroatoms. The highest BCUT2D eigenvalue weighted by Crippen LogP contribution is 2.40. The summed E-state index contributed by atoms with van der Waals surface area (Å²) >= 11 is 7.61. The van der Waals surface area contributed by atoms with Crippen molar-refractivity contribution >= 4 is 57.5 Å². The number of hydrogen-bond acceptors (Lipinski definition) is 7. The molecule has 2 aromatic carbocycles. The number of hydrogen-bond donors (Lipinski definition) is 3. The smallest absolute Gasteiger partial charge is 0.265 e. The van der Waals surface area contributed by atoms with E-state index in [1.807, 2.05) is 49.4 Å². The Morgan fingerprint density at radius 3 is 2.72 bits per heavy atom. The van der Waals surface area contributed by atoms with Crippen LogP contribution in [0.25, 0.3) is 0 Å². The van der Waals surface area contributed by atoms with Crippen LogP contribution in [0.5, 0.6) is 5.75 Å². The van der Waals surface area contributed by atoms with E-state index in [9.17, 15) is 9.59 Å². The van der Waals surface area contributed by atoms with Crippen molar-refractivity contribution in [3.8, 4) is 5.75 Å². The summed E-state index contributed by atoms with van der Waals surface area (Å²) in [5.41, 5.74) is 3.30. The third kappa shape index (κ3) is 5.43. The molecular weight excluding hydrogens is 500 g/mol. The van der Waals surface area contributed by atoms with Gasteiger partial charge >= 0.3 is 0 Å². The van der Waals surface area contributed by atoms with Crippen molar-refractivity contribution < 1.29 is 19.1 Å². The molecule has 1 aromatic heterocycles. The van der Waals surface area contributed by atoms with Crippen LogP contribution in [0.4, 0.5) is 22.7 Å². The van der Waals surface area contributed by atoms with Gasteiger partial charge in [0.15, 0.2) is 6.10 Å². The molecule has 2 atom stereocenters. The van der Waals surface area contributed by atoms with Crippen molar-refractivity contribution in [1.82, 2.24) is 0 Å². The van der Waals surface area contributed by atoms with E-state index in [4.69, 9.17) is 21.1 Å². The number of nitrogens with zero attached hydrogens (tertiary/aromatic N) is 1. The topological polar surface area (TPSA) is 91.9 Å². The number of nitrogens with one attached hydrogen (secondary N) is 3. The fourth-order valence-corrected chi connectivity index (χ4v) is 5.29. The van der Waals surface area contributed by atoms with Gasteiger partial charge in [-0.3, -0.25) is 9.59 Å². The lowest BCUT2D eigenvalue weighted by Gasteiger charge is -2.27. The lowest BCUT2D eigenvalue weighted by Crippen LogP contribution is -2.41. The number of carbonyl (C=O) groups excluding carboxylic acids is 2. The molecule has 0 bridgehead atoms. The van der Waals surface area contributed by atoms with Crippen LogP contribution in [0, 0.1) is 0 Å². The second-order valence-corrected chi connectivity index (χ2v) is 10.3. The van der Waals surface area contributed by atoms with E-state index in [1.54, 1.807) is 17.0 Å². The molecule has 2 aliphatic rings. The van der Waals surface area contributed by atoms with Crippen molar-refractivity contribution in [1.29, 1.82) is 0 Å². The molecule has 1 fully saturated rings. The van der Waals surface area contributed by atoms with Gasteiger partial charge in [0, 0.05) is 28.9 Å². The summed E-state index contributed by atoms with van der Waals surface area (Å²) in [6, 6.07) is 16.8. The predicted octanol–water partition coefficient (Wildman–Crippen LogP) is 5.49. The largest absolute Gasteiger partial charge is 0.481 e. The molecule has 8 nitrogen and oxygen atoms in total. The van der Waals surface area contributed by atoms with Crippen molar-refractivity contribution in [3.05, 3.63) is 63.8 Å². The number of benzene rings is 2. The molecule has 0 spiro atoms. The van der Waals surface area contributed by atoms with E-state index in [2.05, 4.69) is 16.0 Å². The van der Waals surface area contributed by atoms with Gasteiger partial charge in [-0.1, -0.05) is 24.9 Å². The maximum atomic E-state index is 13.1. The van der Waals surface area contributed by atoms with Crippen LogP contribution >= 0.6 is 22.9 Å². The second-order valence-electron chi connectivity index (χ2n) is 8.60. The fraction of sp³-hybridized carbons (Fsp3) is 0.308. The van der Waals surface area contributed by atoms with Gasteiger partial charge < -0.3 is 30.3 Å². The summed E-state index contributed by atoms with van der Waals surface area (Å²) in [4.78, 5) is 27.9. The van der Waals surface area contributed by atoms with Gasteiger partial charge in [0.1, 0.15) is 18.5 Å². The first-order valence-electron chi connectivity index (χ1n) is 11.9. The van der Waals surface area contributed by atoms with Crippen molar-refractivity contribution in [2.45, 2.75) is 32.0 Å². The second kappa shape index (κ2) is 10.8. The first-order valence-corrected chi connectivity index (χ1v) is 13.1. The highest BCUT2D eigenvalue weighted by molar-refractivity contribution is 7.16. The molecule has 0 radical (unpaired) electrons. The number of carbonyl (C=O) groups is 2. The Hall–Kier alpha value is -3.27. The lowest BCUT2D eigenvalue weighted by atomic mass is 10.1. The normalized spacial score (nSPS) is 17.7. The minimum atomic E-state index is -0.644. The van der Waals surface area contributed by atoms with Crippen LogP contribution in [-0.2, 0) is 14.3 Å². The summed E-state index contributed by atoms with van der Waals surface area (Å²) in [7, 11) is 0. The summed E-state index contributed by atoms with van der Waals surface area (Å²) in [6.45, 7) is 3.13. The molecule has 2 aliphatic heterocycles.